The molecular formula is C41H48O8. The number of carbonyl (C=O) groups excluding carboxylic acids is 3. The molecule has 0 unspecified atom stereocenters. The fourth-order valence-corrected chi connectivity index (χ4v) is 4.71. The van der Waals surface area contributed by atoms with Gasteiger partial charge in [-0.25, -0.2) is 9.59 Å². The molecule has 3 aromatic carbocycles. The summed E-state index contributed by atoms with van der Waals surface area (Å²) in [6.07, 6.45) is 12.5. The molecule has 0 amide bonds. The zero-order valence-corrected chi connectivity index (χ0v) is 28.5. The van der Waals surface area contributed by atoms with Crippen molar-refractivity contribution in [3.63, 3.8) is 0 Å². The molecule has 0 aromatic heterocycles. The highest BCUT2D eigenvalue weighted by Gasteiger charge is 2.13. The van der Waals surface area contributed by atoms with Crippen LogP contribution >= 0.6 is 0 Å². The Kier molecular flexibility index (Phi) is 17.6. The molecule has 260 valence electrons. The Labute approximate surface area is 290 Å². The fourth-order valence-electron chi connectivity index (χ4n) is 4.71. The van der Waals surface area contributed by atoms with Crippen molar-refractivity contribution in [1.82, 2.24) is 0 Å². The van der Waals surface area contributed by atoms with Crippen LogP contribution in [0.25, 0.3) is 23.3 Å². The molecule has 0 aliphatic heterocycles. The van der Waals surface area contributed by atoms with Gasteiger partial charge in [0.05, 0.1) is 40.0 Å². The summed E-state index contributed by atoms with van der Waals surface area (Å²) in [6, 6.07) is 24.6. The van der Waals surface area contributed by atoms with Gasteiger partial charge < -0.3 is 23.7 Å². The van der Waals surface area contributed by atoms with Gasteiger partial charge in [-0.3, -0.25) is 4.79 Å². The SMILES string of the molecule is C=CC(=O)OCCCCCCOc1ccc(-c2ccc(/C=C/c3ccc(OCCCCCCOC(=O)C(=C)CC(=O)OC)cc3)cc2)cc1. The summed E-state index contributed by atoms with van der Waals surface area (Å²) in [6.45, 7) is 8.96. The van der Waals surface area contributed by atoms with Crippen LogP contribution in [0.2, 0.25) is 0 Å². The lowest BCUT2D eigenvalue weighted by atomic mass is 10.0. The molecule has 0 fully saturated rings. The summed E-state index contributed by atoms with van der Waals surface area (Å²) >= 11 is 0. The zero-order valence-electron chi connectivity index (χ0n) is 28.5. The van der Waals surface area contributed by atoms with Crippen LogP contribution < -0.4 is 9.47 Å². The first-order valence-electron chi connectivity index (χ1n) is 16.8. The van der Waals surface area contributed by atoms with Gasteiger partial charge in [0, 0.05) is 11.6 Å². The Bertz CT molecular complexity index is 1490. The average Bonchev–Trinajstić information content (AvgIpc) is 3.13. The number of rotatable bonds is 23. The largest absolute Gasteiger partial charge is 0.494 e. The Morgan fingerprint density at radius 3 is 1.51 bits per heavy atom. The van der Waals surface area contributed by atoms with E-state index in [0.717, 1.165) is 85.1 Å². The lowest BCUT2D eigenvalue weighted by molar-refractivity contribution is -0.144. The topological polar surface area (TPSA) is 97.4 Å². The average molecular weight is 669 g/mol. The van der Waals surface area contributed by atoms with Gasteiger partial charge in [0.1, 0.15) is 11.5 Å². The van der Waals surface area contributed by atoms with Crippen LogP contribution in [0.5, 0.6) is 11.5 Å². The highest BCUT2D eigenvalue weighted by molar-refractivity contribution is 5.93. The molecule has 8 heteroatoms. The summed E-state index contributed by atoms with van der Waals surface area (Å²) in [5.41, 5.74) is 4.58. The first-order valence-corrected chi connectivity index (χ1v) is 16.8. The number of ether oxygens (including phenoxy) is 5. The van der Waals surface area contributed by atoms with Crippen LogP contribution in [-0.2, 0) is 28.6 Å². The van der Waals surface area contributed by atoms with Gasteiger partial charge in [-0.05, 0) is 97.9 Å². The third kappa shape index (κ3) is 15.6. The maximum Gasteiger partial charge on any atom is 0.333 e. The number of benzene rings is 3. The van der Waals surface area contributed by atoms with Crippen molar-refractivity contribution in [2.24, 2.45) is 0 Å². The molecule has 0 atom stereocenters. The number of unbranched alkanes of at least 4 members (excludes halogenated alkanes) is 6. The van der Waals surface area contributed by atoms with Crippen LogP contribution in [0.3, 0.4) is 0 Å². The van der Waals surface area contributed by atoms with E-state index in [2.05, 4.69) is 66.4 Å². The predicted molar refractivity (Wildman–Crippen MR) is 193 cm³/mol. The minimum atomic E-state index is -0.558. The molecule has 0 aliphatic rings. The summed E-state index contributed by atoms with van der Waals surface area (Å²) in [4.78, 5) is 34.0. The Hall–Kier alpha value is -5.11. The molecule has 8 nitrogen and oxygen atoms in total. The second kappa shape index (κ2) is 22.5. The number of carbonyl (C=O) groups is 3. The van der Waals surface area contributed by atoms with Crippen molar-refractivity contribution < 1.29 is 38.1 Å². The Morgan fingerprint density at radius 2 is 1.02 bits per heavy atom. The van der Waals surface area contributed by atoms with Crippen molar-refractivity contribution >= 4 is 30.1 Å². The van der Waals surface area contributed by atoms with E-state index in [1.165, 1.54) is 13.2 Å². The Morgan fingerprint density at radius 1 is 0.592 bits per heavy atom. The second-order valence-corrected chi connectivity index (χ2v) is 11.4. The van der Waals surface area contributed by atoms with E-state index >= 15 is 0 Å². The second-order valence-electron chi connectivity index (χ2n) is 11.4. The molecular weight excluding hydrogens is 620 g/mol. The fraction of sp³-hybridized carbons (Fsp3) is 0.341. The Balaban J connectivity index is 1.28. The van der Waals surface area contributed by atoms with Crippen molar-refractivity contribution in [3.8, 4) is 22.6 Å². The van der Waals surface area contributed by atoms with Crippen molar-refractivity contribution in [1.29, 1.82) is 0 Å². The molecule has 0 saturated heterocycles. The van der Waals surface area contributed by atoms with Gasteiger partial charge in [0.25, 0.3) is 0 Å². The van der Waals surface area contributed by atoms with Gasteiger partial charge >= 0.3 is 17.9 Å². The van der Waals surface area contributed by atoms with Gasteiger partial charge in [0.2, 0.25) is 0 Å². The van der Waals surface area contributed by atoms with Crippen LogP contribution in [0.1, 0.15) is 68.9 Å². The summed E-state index contributed by atoms with van der Waals surface area (Å²) in [7, 11) is 1.27. The molecule has 0 aliphatic carbocycles. The number of hydrogen-bond acceptors (Lipinski definition) is 8. The molecule has 0 spiro atoms. The minimum absolute atomic E-state index is 0.102. The molecule has 3 aromatic rings. The first kappa shape index (κ1) is 38.3. The van der Waals surface area contributed by atoms with Crippen molar-refractivity contribution in [3.05, 3.63) is 109 Å². The highest BCUT2D eigenvalue weighted by atomic mass is 16.5. The lowest BCUT2D eigenvalue weighted by Crippen LogP contribution is -2.12. The molecule has 49 heavy (non-hydrogen) atoms. The third-order valence-corrected chi connectivity index (χ3v) is 7.58. The van der Waals surface area contributed by atoms with Crippen molar-refractivity contribution in [2.75, 3.05) is 33.5 Å². The van der Waals surface area contributed by atoms with E-state index in [9.17, 15) is 14.4 Å². The number of methoxy groups -OCH3 is 1. The van der Waals surface area contributed by atoms with Crippen LogP contribution in [0, 0.1) is 0 Å². The van der Waals surface area contributed by atoms with Crippen molar-refractivity contribution in [2.45, 2.75) is 57.8 Å². The molecule has 0 radical (unpaired) electrons. The van der Waals surface area contributed by atoms with Crippen LogP contribution in [-0.4, -0.2) is 51.4 Å². The van der Waals surface area contributed by atoms with Crippen LogP contribution in [0.4, 0.5) is 0 Å². The molecule has 3 rings (SSSR count). The first-order chi connectivity index (χ1) is 23.9. The standard InChI is InChI=1S/C41H48O8/c1-4-39(42)48-29-11-7-5-9-28-47-38-25-21-36(22-26-38)35-19-15-33(16-20-35)13-14-34-17-23-37(24-18-34)46-27-10-6-8-12-30-49-41(44)32(2)31-40(43)45-3/h4,13-26H,1-2,5-12,27-31H2,3H3/b14-13+. The minimum Gasteiger partial charge on any atom is -0.494 e. The van der Waals surface area contributed by atoms with E-state index in [0.29, 0.717) is 26.4 Å². The predicted octanol–water partition coefficient (Wildman–Crippen LogP) is 8.79. The lowest BCUT2D eigenvalue weighted by Gasteiger charge is -2.08. The smallest absolute Gasteiger partial charge is 0.333 e. The maximum atomic E-state index is 11.8. The number of hydrogen-bond donors (Lipinski definition) is 0. The molecule has 0 saturated carbocycles. The van der Waals surface area contributed by atoms with Crippen LogP contribution in [0.15, 0.2) is 97.6 Å². The molecule has 0 heterocycles. The quantitative estimate of drug-likeness (QED) is 0.0325. The third-order valence-electron chi connectivity index (χ3n) is 7.58. The van der Waals surface area contributed by atoms with E-state index in [4.69, 9.17) is 18.9 Å². The van der Waals surface area contributed by atoms with E-state index < -0.39 is 11.9 Å². The normalized spacial score (nSPS) is 10.7. The highest BCUT2D eigenvalue weighted by Crippen LogP contribution is 2.24. The molecule has 0 bridgehead atoms. The van der Waals surface area contributed by atoms with E-state index in [1.54, 1.807) is 0 Å². The summed E-state index contributed by atoms with van der Waals surface area (Å²) in [5, 5.41) is 0. The van der Waals surface area contributed by atoms with E-state index in [-0.39, 0.29) is 18.0 Å². The van der Waals surface area contributed by atoms with E-state index in [1.807, 2.05) is 36.4 Å². The van der Waals surface area contributed by atoms with Gasteiger partial charge in [-0.1, -0.05) is 73.8 Å². The van der Waals surface area contributed by atoms with Gasteiger partial charge in [-0.15, -0.1) is 0 Å². The summed E-state index contributed by atoms with van der Waals surface area (Å²) < 4.78 is 26.4. The molecule has 0 N–H and O–H groups in total. The monoisotopic (exact) mass is 668 g/mol. The number of esters is 3. The maximum absolute atomic E-state index is 11.8. The van der Waals surface area contributed by atoms with Gasteiger partial charge in [-0.2, -0.15) is 0 Å². The zero-order chi connectivity index (χ0) is 35.1. The summed E-state index contributed by atoms with van der Waals surface area (Å²) in [5.74, 6) is 0.251. The van der Waals surface area contributed by atoms with Gasteiger partial charge in [0.15, 0.2) is 0 Å².